The van der Waals surface area contributed by atoms with Crippen molar-refractivity contribution < 1.29 is 4.52 Å². The molecule has 13 heavy (non-hydrogen) atoms. The van der Waals surface area contributed by atoms with Gasteiger partial charge in [-0.15, -0.1) is 12.4 Å². The van der Waals surface area contributed by atoms with Crippen LogP contribution in [0.15, 0.2) is 4.52 Å². The Kier molecular flexibility index (Phi) is 5.66. The zero-order chi connectivity index (χ0) is 8.97. The van der Waals surface area contributed by atoms with Gasteiger partial charge in [-0.2, -0.15) is 4.98 Å². The average molecular weight is 206 g/mol. The molecule has 0 saturated carbocycles. The van der Waals surface area contributed by atoms with E-state index in [-0.39, 0.29) is 12.4 Å². The van der Waals surface area contributed by atoms with Crippen LogP contribution in [0.4, 0.5) is 0 Å². The van der Waals surface area contributed by atoms with E-state index < -0.39 is 0 Å². The van der Waals surface area contributed by atoms with Crippen molar-refractivity contribution in [3.63, 3.8) is 0 Å². The standard InChI is InChI=1S/C8H15N3O.ClH/c1-6(2)4-8-10-7(5-9-3)11-12-8;/h6,9H,4-5H2,1-3H3;1H. The smallest absolute Gasteiger partial charge is 0.226 e. The van der Waals surface area contributed by atoms with Gasteiger partial charge in [-0.3, -0.25) is 0 Å². The van der Waals surface area contributed by atoms with Gasteiger partial charge in [-0.25, -0.2) is 0 Å². The molecular formula is C8H16ClN3O. The van der Waals surface area contributed by atoms with Crippen LogP contribution < -0.4 is 5.32 Å². The summed E-state index contributed by atoms with van der Waals surface area (Å²) in [6.07, 6.45) is 0.858. The number of rotatable bonds is 4. The lowest BCUT2D eigenvalue weighted by Gasteiger charge is -1.95. The first-order valence-corrected chi connectivity index (χ1v) is 4.18. The fraction of sp³-hybridized carbons (Fsp3) is 0.750. The third-order valence-electron chi connectivity index (χ3n) is 1.43. The Bertz CT molecular complexity index is 237. The highest BCUT2D eigenvalue weighted by atomic mass is 35.5. The van der Waals surface area contributed by atoms with Crippen molar-refractivity contribution in [1.82, 2.24) is 15.5 Å². The van der Waals surface area contributed by atoms with Crippen LogP contribution in [0, 0.1) is 5.92 Å². The van der Waals surface area contributed by atoms with Crippen molar-refractivity contribution in [2.75, 3.05) is 7.05 Å². The molecule has 0 bridgehead atoms. The number of nitrogens with one attached hydrogen (secondary N) is 1. The van der Waals surface area contributed by atoms with Gasteiger partial charge in [0.25, 0.3) is 0 Å². The van der Waals surface area contributed by atoms with Gasteiger partial charge in [0, 0.05) is 6.42 Å². The van der Waals surface area contributed by atoms with Crippen molar-refractivity contribution in [2.24, 2.45) is 5.92 Å². The minimum Gasteiger partial charge on any atom is -0.339 e. The highest BCUT2D eigenvalue weighted by Gasteiger charge is 2.06. The van der Waals surface area contributed by atoms with Crippen LogP contribution in [-0.4, -0.2) is 17.2 Å². The highest BCUT2D eigenvalue weighted by Crippen LogP contribution is 2.04. The van der Waals surface area contributed by atoms with Gasteiger partial charge in [0.15, 0.2) is 5.82 Å². The minimum atomic E-state index is 0. The zero-order valence-corrected chi connectivity index (χ0v) is 9.02. The van der Waals surface area contributed by atoms with E-state index in [1.54, 1.807) is 0 Å². The maximum Gasteiger partial charge on any atom is 0.226 e. The molecular weight excluding hydrogens is 190 g/mol. The Balaban J connectivity index is 0.00000144. The number of hydrogen-bond donors (Lipinski definition) is 1. The highest BCUT2D eigenvalue weighted by molar-refractivity contribution is 5.85. The topological polar surface area (TPSA) is 51.0 Å². The second-order valence-corrected chi connectivity index (χ2v) is 3.23. The zero-order valence-electron chi connectivity index (χ0n) is 8.20. The number of nitrogens with zero attached hydrogens (tertiary/aromatic N) is 2. The van der Waals surface area contributed by atoms with Gasteiger partial charge in [0.1, 0.15) is 0 Å². The first kappa shape index (κ1) is 12.4. The molecule has 0 aliphatic rings. The molecule has 0 atom stereocenters. The number of aromatic nitrogens is 2. The van der Waals surface area contributed by atoms with Crippen LogP contribution >= 0.6 is 12.4 Å². The van der Waals surface area contributed by atoms with Crippen LogP contribution in [0.5, 0.6) is 0 Å². The summed E-state index contributed by atoms with van der Waals surface area (Å²) in [4.78, 5) is 4.20. The Morgan fingerprint density at radius 3 is 2.69 bits per heavy atom. The molecule has 1 N–H and O–H groups in total. The van der Waals surface area contributed by atoms with Gasteiger partial charge in [0.05, 0.1) is 6.54 Å². The van der Waals surface area contributed by atoms with Gasteiger partial charge < -0.3 is 9.84 Å². The molecule has 5 heteroatoms. The van der Waals surface area contributed by atoms with Crippen molar-refractivity contribution >= 4 is 12.4 Å². The second kappa shape index (κ2) is 5.94. The van der Waals surface area contributed by atoms with E-state index in [1.165, 1.54) is 0 Å². The Hall–Kier alpha value is -0.610. The summed E-state index contributed by atoms with van der Waals surface area (Å²) in [6, 6.07) is 0. The summed E-state index contributed by atoms with van der Waals surface area (Å²) in [7, 11) is 1.86. The third-order valence-corrected chi connectivity index (χ3v) is 1.43. The molecule has 0 spiro atoms. The van der Waals surface area contributed by atoms with E-state index in [4.69, 9.17) is 4.52 Å². The van der Waals surface area contributed by atoms with Crippen LogP contribution in [0.3, 0.4) is 0 Å². The molecule has 1 rings (SSSR count). The molecule has 0 unspecified atom stereocenters. The van der Waals surface area contributed by atoms with E-state index in [9.17, 15) is 0 Å². The van der Waals surface area contributed by atoms with Crippen LogP contribution in [0.25, 0.3) is 0 Å². The second-order valence-electron chi connectivity index (χ2n) is 3.23. The number of halogens is 1. The molecule has 0 amide bonds. The van der Waals surface area contributed by atoms with Crippen LogP contribution in [0.2, 0.25) is 0 Å². The first-order valence-electron chi connectivity index (χ1n) is 4.18. The summed E-state index contributed by atoms with van der Waals surface area (Å²) >= 11 is 0. The molecule has 0 aliphatic carbocycles. The normalized spacial score (nSPS) is 10.2. The lowest BCUT2D eigenvalue weighted by molar-refractivity contribution is 0.358. The molecule has 0 radical (unpaired) electrons. The number of hydrogen-bond acceptors (Lipinski definition) is 4. The van der Waals surface area contributed by atoms with E-state index in [0.29, 0.717) is 12.5 Å². The fourth-order valence-electron chi connectivity index (χ4n) is 0.952. The van der Waals surface area contributed by atoms with Crippen molar-refractivity contribution in [3.05, 3.63) is 11.7 Å². The summed E-state index contributed by atoms with van der Waals surface area (Å²) in [5.74, 6) is 2.02. The van der Waals surface area contributed by atoms with Crippen molar-refractivity contribution in [2.45, 2.75) is 26.8 Å². The van der Waals surface area contributed by atoms with Gasteiger partial charge in [-0.05, 0) is 13.0 Å². The lowest BCUT2D eigenvalue weighted by atomic mass is 10.1. The first-order chi connectivity index (χ1) is 5.72. The largest absolute Gasteiger partial charge is 0.339 e. The van der Waals surface area contributed by atoms with Crippen LogP contribution in [0.1, 0.15) is 25.6 Å². The predicted octanol–water partition coefficient (Wildman–Crippen LogP) is 1.41. The van der Waals surface area contributed by atoms with Gasteiger partial charge in [0.2, 0.25) is 5.89 Å². The van der Waals surface area contributed by atoms with E-state index in [0.717, 1.165) is 18.1 Å². The summed E-state index contributed by atoms with van der Waals surface area (Å²) in [5, 5.41) is 6.78. The molecule has 1 aromatic heterocycles. The molecule has 0 aromatic carbocycles. The molecule has 76 valence electrons. The van der Waals surface area contributed by atoms with Crippen molar-refractivity contribution in [3.8, 4) is 0 Å². The Labute approximate surface area is 84.5 Å². The molecule has 0 saturated heterocycles. The molecule has 1 aromatic rings. The third kappa shape index (κ3) is 4.24. The maximum absolute atomic E-state index is 5.03. The average Bonchev–Trinajstić information content (AvgIpc) is 2.36. The minimum absolute atomic E-state index is 0. The van der Waals surface area contributed by atoms with Crippen molar-refractivity contribution in [1.29, 1.82) is 0 Å². The Morgan fingerprint density at radius 1 is 1.46 bits per heavy atom. The SMILES string of the molecule is CNCc1noc(CC(C)C)n1.Cl. The van der Waals surface area contributed by atoms with E-state index in [2.05, 4.69) is 29.3 Å². The molecule has 4 nitrogen and oxygen atoms in total. The maximum atomic E-state index is 5.03. The van der Waals surface area contributed by atoms with E-state index in [1.807, 2.05) is 7.05 Å². The lowest BCUT2D eigenvalue weighted by Crippen LogP contribution is -2.06. The van der Waals surface area contributed by atoms with Crippen LogP contribution in [-0.2, 0) is 13.0 Å². The summed E-state index contributed by atoms with van der Waals surface area (Å²) in [6.45, 7) is 4.92. The van der Waals surface area contributed by atoms with E-state index >= 15 is 0 Å². The monoisotopic (exact) mass is 205 g/mol. The quantitative estimate of drug-likeness (QED) is 0.808. The summed E-state index contributed by atoms with van der Waals surface area (Å²) in [5.41, 5.74) is 0. The predicted molar refractivity (Wildman–Crippen MR) is 52.9 cm³/mol. The van der Waals surface area contributed by atoms with Gasteiger partial charge in [-0.1, -0.05) is 19.0 Å². The molecule has 0 fully saturated rings. The fourth-order valence-corrected chi connectivity index (χ4v) is 0.952. The summed E-state index contributed by atoms with van der Waals surface area (Å²) < 4.78 is 5.03. The Morgan fingerprint density at radius 2 is 2.15 bits per heavy atom. The van der Waals surface area contributed by atoms with Gasteiger partial charge >= 0.3 is 0 Å². The molecule has 0 aliphatic heterocycles. The molecule has 1 heterocycles.